The van der Waals surface area contributed by atoms with Gasteiger partial charge in [0.25, 0.3) is 0 Å². The predicted molar refractivity (Wildman–Crippen MR) is 63.4 cm³/mol. The fourth-order valence-electron chi connectivity index (χ4n) is 1.63. The van der Waals surface area contributed by atoms with E-state index in [4.69, 9.17) is 11.6 Å². The van der Waals surface area contributed by atoms with E-state index in [2.05, 4.69) is 9.97 Å². The molecule has 0 saturated carbocycles. The van der Waals surface area contributed by atoms with Crippen molar-refractivity contribution in [3.05, 3.63) is 54.1 Å². The van der Waals surface area contributed by atoms with Gasteiger partial charge in [0.1, 0.15) is 10.8 Å². The van der Waals surface area contributed by atoms with Crippen molar-refractivity contribution in [2.45, 2.75) is 0 Å². The second-order valence-corrected chi connectivity index (χ2v) is 3.83. The summed E-state index contributed by atoms with van der Waals surface area (Å²) in [6.45, 7) is 0. The first kappa shape index (κ1) is 9.36. The van der Waals surface area contributed by atoms with Crippen LogP contribution in [0.3, 0.4) is 0 Å². The molecule has 0 aliphatic heterocycles. The molecule has 0 bridgehead atoms. The molecule has 0 aliphatic rings. The van der Waals surface area contributed by atoms with Gasteiger partial charge in [-0.3, -0.25) is 9.38 Å². The number of nitrogens with zero attached hydrogens (tertiary/aromatic N) is 3. The lowest BCUT2D eigenvalue weighted by molar-refractivity contribution is 1.19. The molecule has 16 heavy (non-hydrogen) atoms. The maximum absolute atomic E-state index is 6.07. The first-order chi connectivity index (χ1) is 7.84. The third-order valence-corrected chi connectivity index (χ3v) is 2.71. The van der Waals surface area contributed by atoms with Crippen molar-refractivity contribution in [3.63, 3.8) is 0 Å². The molecule has 3 aromatic heterocycles. The predicted octanol–water partition coefficient (Wildman–Crippen LogP) is 3.05. The summed E-state index contributed by atoms with van der Waals surface area (Å²) in [6, 6.07) is 9.51. The highest BCUT2D eigenvalue weighted by Crippen LogP contribution is 2.20. The van der Waals surface area contributed by atoms with Crippen molar-refractivity contribution in [2.24, 2.45) is 0 Å². The maximum atomic E-state index is 6.07. The SMILES string of the molecule is Clc1cccc2nc(-c3cccnc3)cn12. The zero-order valence-corrected chi connectivity index (χ0v) is 9.09. The van der Waals surface area contributed by atoms with Crippen LogP contribution >= 0.6 is 11.6 Å². The van der Waals surface area contributed by atoms with Crippen molar-refractivity contribution in [3.8, 4) is 11.3 Å². The zero-order valence-electron chi connectivity index (χ0n) is 8.34. The Labute approximate surface area is 97.3 Å². The van der Waals surface area contributed by atoms with Gasteiger partial charge < -0.3 is 0 Å². The molecule has 4 heteroatoms. The van der Waals surface area contributed by atoms with Gasteiger partial charge in [0, 0.05) is 24.2 Å². The summed E-state index contributed by atoms with van der Waals surface area (Å²) >= 11 is 6.07. The molecular weight excluding hydrogens is 222 g/mol. The number of fused-ring (bicyclic) bond motifs is 1. The van der Waals surface area contributed by atoms with Gasteiger partial charge in [-0.25, -0.2) is 4.98 Å². The molecule has 0 amide bonds. The Morgan fingerprint density at radius 1 is 1.12 bits per heavy atom. The van der Waals surface area contributed by atoms with Crippen molar-refractivity contribution < 1.29 is 0 Å². The van der Waals surface area contributed by atoms with Gasteiger partial charge in [-0.15, -0.1) is 0 Å². The summed E-state index contributed by atoms with van der Waals surface area (Å²) in [7, 11) is 0. The lowest BCUT2D eigenvalue weighted by atomic mass is 10.2. The first-order valence-corrected chi connectivity index (χ1v) is 5.26. The normalized spacial score (nSPS) is 10.8. The molecule has 0 spiro atoms. The van der Waals surface area contributed by atoms with Gasteiger partial charge in [-0.2, -0.15) is 0 Å². The molecule has 0 fully saturated rings. The number of hydrogen-bond acceptors (Lipinski definition) is 2. The fraction of sp³-hybridized carbons (Fsp3) is 0. The molecule has 0 aromatic carbocycles. The third kappa shape index (κ3) is 1.46. The lowest BCUT2D eigenvalue weighted by Crippen LogP contribution is -1.82. The number of pyridine rings is 2. The second kappa shape index (κ2) is 3.61. The minimum atomic E-state index is 0.653. The van der Waals surface area contributed by atoms with E-state index < -0.39 is 0 Å². The number of aromatic nitrogens is 3. The Balaban J connectivity index is 2.23. The Morgan fingerprint density at radius 2 is 2.06 bits per heavy atom. The van der Waals surface area contributed by atoms with E-state index in [1.165, 1.54) is 0 Å². The van der Waals surface area contributed by atoms with Gasteiger partial charge in [0.2, 0.25) is 0 Å². The van der Waals surface area contributed by atoms with Crippen molar-refractivity contribution in [2.75, 3.05) is 0 Å². The summed E-state index contributed by atoms with van der Waals surface area (Å²) < 4.78 is 1.85. The standard InChI is InChI=1S/C12H8ClN3/c13-11-4-1-5-12-15-10(8-16(11)12)9-3-2-6-14-7-9/h1-8H. The highest BCUT2D eigenvalue weighted by Gasteiger charge is 2.05. The van der Waals surface area contributed by atoms with E-state index in [0.717, 1.165) is 16.9 Å². The van der Waals surface area contributed by atoms with E-state index in [-0.39, 0.29) is 0 Å². The van der Waals surface area contributed by atoms with Crippen LogP contribution in [-0.2, 0) is 0 Å². The summed E-state index contributed by atoms with van der Waals surface area (Å²) in [6.07, 6.45) is 5.44. The van der Waals surface area contributed by atoms with Gasteiger partial charge in [-0.1, -0.05) is 17.7 Å². The summed E-state index contributed by atoms with van der Waals surface area (Å²) in [5.41, 5.74) is 2.70. The molecule has 3 rings (SSSR count). The molecule has 0 N–H and O–H groups in total. The molecule has 3 nitrogen and oxygen atoms in total. The van der Waals surface area contributed by atoms with E-state index in [1.54, 1.807) is 12.4 Å². The van der Waals surface area contributed by atoms with Crippen LogP contribution < -0.4 is 0 Å². The third-order valence-electron chi connectivity index (χ3n) is 2.40. The molecular formula is C12H8ClN3. The van der Waals surface area contributed by atoms with Crippen LogP contribution in [0.1, 0.15) is 0 Å². The van der Waals surface area contributed by atoms with Gasteiger partial charge >= 0.3 is 0 Å². The van der Waals surface area contributed by atoms with Crippen LogP contribution in [0, 0.1) is 0 Å². The maximum Gasteiger partial charge on any atom is 0.138 e. The Bertz CT molecular complexity index is 631. The molecule has 0 unspecified atom stereocenters. The average molecular weight is 230 g/mol. The lowest BCUT2D eigenvalue weighted by Gasteiger charge is -1.93. The Hall–Kier alpha value is -1.87. The molecule has 0 radical (unpaired) electrons. The monoisotopic (exact) mass is 229 g/mol. The quantitative estimate of drug-likeness (QED) is 0.601. The van der Waals surface area contributed by atoms with Gasteiger partial charge in [-0.05, 0) is 24.3 Å². The van der Waals surface area contributed by atoms with Gasteiger partial charge in [0.05, 0.1) is 5.69 Å². The van der Waals surface area contributed by atoms with E-state index >= 15 is 0 Å². The summed E-state index contributed by atoms with van der Waals surface area (Å²) in [5, 5.41) is 0.653. The topological polar surface area (TPSA) is 30.2 Å². The van der Waals surface area contributed by atoms with Gasteiger partial charge in [0.15, 0.2) is 0 Å². The van der Waals surface area contributed by atoms with E-state index in [1.807, 2.05) is 40.9 Å². The number of imidazole rings is 1. The molecule has 3 aromatic rings. The van der Waals surface area contributed by atoms with Crippen LogP contribution in [0.4, 0.5) is 0 Å². The Morgan fingerprint density at radius 3 is 2.81 bits per heavy atom. The summed E-state index contributed by atoms with van der Waals surface area (Å²) in [5.74, 6) is 0. The van der Waals surface area contributed by atoms with Crippen LogP contribution in [0.2, 0.25) is 5.15 Å². The highest BCUT2D eigenvalue weighted by molar-refractivity contribution is 6.29. The molecule has 0 atom stereocenters. The van der Waals surface area contributed by atoms with Crippen molar-refractivity contribution >= 4 is 17.2 Å². The van der Waals surface area contributed by atoms with Crippen LogP contribution in [0.25, 0.3) is 16.9 Å². The molecule has 0 saturated heterocycles. The molecule has 0 aliphatic carbocycles. The minimum absolute atomic E-state index is 0.653. The van der Waals surface area contributed by atoms with E-state index in [9.17, 15) is 0 Å². The average Bonchev–Trinajstić information content (AvgIpc) is 2.76. The van der Waals surface area contributed by atoms with E-state index in [0.29, 0.717) is 5.15 Å². The number of hydrogen-bond donors (Lipinski definition) is 0. The van der Waals surface area contributed by atoms with Crippen LogP contribution in [0.5, 0.6) is 0 Å². The van der Waals surface area contributed by atoms with Crippen LogP contribution in [-0.4, -0.2) is 14.4 Å². The highest BCUT2D eigenvalue weighted by atomic mass is 35.5. The minimum Gasteiger partial charge on any atom is -0.290 e. The van der Waals surface area contributed by atoms with Crippen molar-refractivity contribution in [1.29, 1.82) is 0 Å². The summed E-state index contributed by atoms with van der Waals surface area (Å²) in [4.78, 5) is 8.55. The number of halogens is 1. The smallest absolute Gasteiger partial charge is 0.138 e. The zero-order chi connectivity index (χ0) is 11.0. The van der Waals surface area contributed by atoms with Crippen LogP contribution in [0.15, 0.2) is 48.9 Å². The number of rotatable bonds is 1. The Kier molecular flexibility index (Phi) is 2.11. The van der Waals surface area contributed by atoms with Crippen molar-refractivity contribution in [1.82, 2.24) is 14.4 Å². The molecule has 3 heterocycles. The molecule has 78 valence electrons. The largest absolute Gasteiger partial charge is 0.290 e. The first-order valence-electron chi connectivity index (χ1n) is 4.88. The second-order valence-electron chi connectivity index (χ2n) is 3.44. The fourth-order valence-corrected chi connectivity index (χ4v) is 1.84.